The molecule has 87 heavy (non-hydrogen) atoms. The number of allylic oxidation sites excluding steroid dienone is 19. The molecule has 1 aliphatic rings. The lowest BCUT2D eigenvalue weighted by Crippen LogP contribution is -2.60. The second kappa shape index (κ2) is 65.5. The van der Waals surface area contributed by atoms with Crippen molar-refractivity contribution in [2.24, 2.45) is 0 Å². The zero-order valence-electron chi connectivity index (χ0n) is 56.0. The van der Waals surface area contributed by atoms with Crippen LogP contribution in [0.3, 0.4) is 0 Å². The van der Waals surface area contributed by atoms with Gasteiger partial charge in [-0.2, -0.15) is 0 Å². The van der Waals surface area contributed by atoms with Crippen LogP contribution in [0, 0.1) is 0 Å². The molecule has 1 fully saturated rings. The number of carbonyl (C=O) groups is 1. The van der Waals surface area contributed by atoms with Gasteiger partial charge in [-0.05, 0) is 89.9 Å². The first-order valence-corrected chi connectivity index (χ1v) is 36.3. The van der Waals surface area contributed by atoms with Crippen LogP contribution in [0.1, 0.15) is 309 Å². The first-order chi connectivity index (χ1) is 42.8. The third-order valence-electron chi connectivity index (χ3n) is 16.5. The highest BCUT2D eigenvalue weighted by atomic mass is 16.7. The van der Waals surface area contributed by atoms with Gasteiger partial charge in [-0.3, -0.25) is 4.79 Å². The first-order valence-electron chi connectivity index (χ1n) is 36.3. The van der Waals surface area contributed by atoms with E-state index in [0.717, 1.165) is 109 Å². The third kappa shape index (κ3) is 54.1. The summed E-state index contributed by atoms with van der Waals surface area (Å²) in [4.78, 5) is 13.1. The van der Waals surface area contributed by atoms with E-state index in [1.165, 1.54) is 180 Å². The molecular weight excluding hydrogens is 1080 g/mol. The third-order valence-corrected chi connectivity index (χ3v) is 16.5. The molecule has 0 aromatic carbocycles. The molecule has 1 saturated heterocycles. The molecule has 1 heterocycles. The Labute approximate surface area is 535 Å². The minimum atomic E-state index is -1.58. The van der Waals surface area contributed by atoms with Crippen LogP contribution < -0.4 is 5.32 Å². The summed E-state index contributed by atoms with van der Waals surface area (Å²) < 4.78 is 11.3. The van der Waals surface area contributed by atoms with E-state index in [9.17, 15) is 30.3 Å². The summed E-state index contributed by atoms with van der Waals surface area (Å²) in [5, 5.41) is 54.8. The lowest BCUT2D eigenvalue weighted by molar-refractivity contribution is -0.302. The van der Waals surface area contributed by atoms with Crippen molar-refractivity contribution in [3.05, 3.63) is 122 Å². The molecule has 1 rings (SSSR count). The molecule has 6 N–H and O–H groups in total. The van der Waals surface area contributed by atoms with Crippen LogP contribution in [0.2, 0.25) is 0 Å². The normalized spacial score (nSPS) is 18.7. The van der Waals surface area contributed by atoms with E-state index < -0.39 is 49.5 Å². The van der Waals surface area contributed by atoms with Crippen molar-refractivity contribution in [3.63, 3.8) is 0 Å². The van der Waals surface area contributed by atoms with Gasteiger partial charge < -0.3 is 40.3 Å². The Morgan fingerprint density at radius 1 is 0.402 bits per heavy atom. The monoisotopic (exact) mass is 1210 g/mol. The fourth-order valence-electron chi connectivity index (χ4n) is 10.9. The molecule has 0 spiro atoms. The number of aliphatic hydroxyl groups excluding tert-OH is 5. The Balaban J connectivity index is 2.17. The molecule has 0 aromatic heterocycles. The number of aliphatic hydroxyl groups is 5. The van der Waals surface area contributed by atoms with Crippen LogP contribution in [0.25, 0.3) is 0 Å². The van der Waals surface area contributed by atoms with Gasteiger partial charge >= 0.3 is 0 Å². The van der Waals surface area contributed by atoms with Crippen molar-refractivity contribution < 1.29 is 39.8 Å². The number of ether oxygens (including phenoxy) is 2. The SMILES string of the molecule is CC/C=C\C/C=C\C/C=C\C/C=C\C/C=C\C/C=C\C/C=C\C/C=C\C/C=C\CCCCCCCCCC(=O)NC(COC1OC(CO)C(O)C(O)C1O)C(O)/C=C/CCCCCCCCCCCCCCCCCCCCCCCCCCCCC. The number of hydrogen-bond donors (Lipinski definition) is 6. The maximum atomic E-state index is 13.1. The lowest BCUT2D eigenvalue weighted by Gasteiger charge is -2.40. The highest BCUT2D eigenvalue weighted by Crippen LogP contribution is 2.23. The molecule has 0 saturated carbocycles. The Kier molecular flexibility index (Phi) is 61.5. The van der Waals surface area contributed by atoms with Crippen molar-refractivity contribution in [2.45, 2.75) is 352 Å². The van der Waals surface area contributed by atoms with Gasteiger partial charge in [0.05, 0.1) is 25.4 Å². The largest absolute Gasteiger partial charge is 0.394 e. The quantitative estimate of drug-likeness (QED) is 0.0261. The molecule has 0 aromatic rings. The average molecular weight is 1210 g/mol. The molecule has 1 amide bonds. The Morgan fingerprint density at radius 2 is 0.713 bits per heavy atom. The topological polar surface area (TPSA) is 149 Å². The van der Waals surface area contributed by atoms with Gasteiger partial charge in [0.2, 0.25) is 5.91 Å². The fourth-order valence-corrected chi connectivity index (χ4v) is 10.9. The molecule has 9 heteroatoms. The first kappa shape index (κ1) is 81.6. The number of nitrogens with one attached hydrogen (secondary N) is 1. The maximum Gasteiger partial charge on any atom is 0.220 e. The van der Waals surface area contributed by atoms with Gasteiger partial charge in [-0.25, -0.2) is 0 Å². The van der Waals surface area contributed by atoms with E-state index in [-0.39, 0.29) is 12.5 Å². The summed E-state index contributed by atoms with van der Waals surface area (Å²) in [6.45, 7) is 3.69. The summed E-state index contributed by atoms with van der Waals surface area (Å²) >= 11 is 0. The Hall–Kier alpha value is -3.41. The predicted octanol–water partition coefficient (Wildman–Crippen LogP) is 20.2. The second-order valence-corrected chi connectivity index (χ2v) is 24.7. The van der Waals surface area contributed by atoms with Crippen molar-refractivity contribution in [1.82, 2.24) is 5.32 Å². The molecule has 0 aliphatic carbocycles. The van der Waals surface area contributed by atoms with Gasteiger partial charge in [-0.15, -0.1) is 0 Å². The zero-order valence-corrected chi connectivity index (χ0v) is 56.0. The molecular formula is C78H135NO8. The summed E-state index contributed by atoms with van der Waals surface area (Å²) in [5.41, 5.74) is 0. The van der Waals surface area contributed by atoms with E-state index in [0.29, 0.717) is 6.42 Å². The van der Waals surface area contributed by atoms with Gasteiger partial charge in [0.15, 0.2) is 6.29 Å². The van der Waals surface area contributed by atoms with Gasteiger partial charge in [0, 0.05) is 6.42 Å². The molecule has 500 valence electrons. The molecule has 7 unspecified atom stereocenters. The molecule has 7 atom stereocenters. The molecule has 9 nitrogen and oxygen atoms in total. The van der Waals surface area contributed by atoms with Crippen molar-refractivity contribution in [1.29, 1.82) is 0 Å². The standard InChI is InChI=1S/C78H135NO8/c1-3-5-7-9-11-13-15-17-19-21-23-25-27-29-31-33-34-35-36-37-38-40-42-44-46-48-50-52-54-56-58-60-62-64-66-68-74(82)79-71(70-86-78-77(85)76(84)75(83)73(69-80)87-78)72(81)67-65-63-61-59-57-55-53-51-49-47-45-43-41-39-32-30-28-26-24-22-20-18-16-14-12-10-8-6-4-2/h5,7,11,13,17,19,23,25,29,31,34-35,37-38,42,44,48,50,65,67,71-73,75-78,80-81,83-85H,3-4,6,8-10,12,14-16,18,20-22,24,26-28,30,32-33,36,39-41,43,45-47,49,51-64,66,68-70H2,1-2H3,(H,79,82)/b7-5-,13-11-,19-17-,25-23-,31-29-,35-34-,38-37-,44-42-,50-48-,67-65+. The van der Waals surface area contributed by atoms with Crippen LogP contribution in [0.5, 0.6) is 0 Å². The Morgan fingerprint density at radius 3 is 1.06 bits per heavy atom. The van der Waals surface area contributed by atoms with Crippen LogP contribution in [-0.4, -0.2) is 87.5 Å². The number of amides is 1. The summed E-state index contributed by atoms with van der Waals surface area (Å²) in [7, 11) is 0. The summed E-state index contributed by atoms with van der Waals surface area (Å²) in [6, 6.07) is -0.822. The zero-order chi connectivity index (χ0) is 62.8. The van der Waals surface area contributed by atoms with Crippen molar-refractivity contribution in [2.75, 3.05) is 13.2 Å². The highest BCUT2D eigenvalue weighted by molar-refractivity contribution is 5.76. The second-order valence-electron chi connectivity index (χ2n) is 24.7. The van der Waals surface area contributed by atoms with Gasteiger partial charge in [-0.1, -0.05) is 334 Å². The minimum Gasteiger partial charge on any atom is -0.394 e. The van der Waals surface area contributed by atoms with E-state index in [4.69, 9.17) is 9.47 Å². The van der Waals surface area contributed by atoms with Crippen LogP contribution >= 0.6 is 0 Å². The fraction of sp³-hybridized carbons (Fsp3) is 0.731. The smallest absolute Gasteiger partial charge is 0.220 e. The van der Waals surface area contributed by atoms with Crippen molar-refractivity contribution >= 4 is 5.91 Å². The van der Waals surface area contributed by atoms with Crippen molar-refractivity contribution in [3.8, 4) is 0 Å². The average Bonchev–Trinajstić information content (AvgIpc) is 3.47. The molecule has 1 aliphatic heterocycles. The van der Waals surface area contributed by atoms with Gasteiger partial charge in [0.1, 0.15) is 24.4 Å². The number of hydrogen-bond acceptors (Lipinski definition) is 8. The van der Waals surface area contributed by atoms with Crippen LogP contribution in [0.4, 0.5) is 0 Å². The van der Waals surface area contributed by atoms with E-state index in [1.54, 1.807) is 6.08 Å². The van der Waals surface area contributed by atoms with Gasteiger partial charge in [0.25, 0.3) is 0 Å². The number of carbonyl (C=O) groups excluding carboxylic acids is 1. The summed E-state index contributed by atoms with van der Waals surface area (Å²) in [6.07, 6.45) is 91.5. The molecule has 0 bridgehead atoms. The maximum absolute atomic E-state index is 13.1. The minimum absolute atomic E-state index is 0.189. The van der Waals surface area contributed by atoms with Crippen LogP contribution in [0.15, 0.2) is 122 Å². The van der Waals surface area contributed by atoms with Crippen LogP contribution in [-0.2, 0) is 14.3 Å². The summed E-state index contributed by atoms with van der Waals surface area (Å²) in [5.74, 6) is -0.189. The van der Waals surface area contributed by atoms with E-state index >= 15 is 0 Å². The lowest BCUT2D eigenvalue weighted by atomic mass is 9.99. The van der Waals surface area contributed by atoms with E-state index in [2.05, 4.69) is 129 Å². The predicted molar refractivity (Wildman–Crippen MR) is 373 cm³/mol. The molecule has 0 radical (unpaired) electrons. The Bertz CT molecular complexity index is 1790. The number of unbranched alkanes of at least 4 members (excludes halogenated alkanes) is 34. The van der Waals surface area contributed by atoms with E-state index in [1.807, 2.05) is 6.08 Å². The number of rotatable bonds is 62. The highest BCUT2D eigenvalue weighted by Gasteiger charge is 2.44.